The zero-order valence-electron chi connectivity index (χ0n) is 16.8. The zero-order chi connectivity index (χ0) is 22.5. The van der Waals surface area contributed by atoms with Crippen molar-refractivity contribution in [3.05, 3.63) is 53.7 Å². The van der Waals surface area contributed by atoms with Gasteiger partial charge >= 0.3 is 5.97 Å². The molecule has 2 aromatic rings. The van der Waals surface area contributed by atoms with Gasteiger partial charge < -0.3 is 10.1 Å². The van der Waals surface area contributed by atoms with Crippen molar-refractivity contribution in [3.63, 3.8) is 0 Å². The summed E-state index contributed by atoms with van der Waals surface area (Å²) in [5.41, 5.74) is 1.07. The van der Waals surface area contributed by atoms with E-state index in [-0.39, 0.29) is 34.6 Å². The number of nitrogens with one attached hydrogen (secondary N) is 1. The third-order valence-electron chi connectivity index (χ3n) is 4.49. The molecule has 10 heteroatoms. The summed E-state index contributed by atoms with van der Waals surface area (Å²) in [4.78, 5) is 64.8. The predicted octanol–water partition coefficient (Wildman–Crippen LogP) is 1.93. The van der Waals surface area contributed by atoms with Crippen LogP contribution in [0.5, 0.6) is 0 Å². The Hall–Kier alpha value is -3.53. The number of likely N-dealkylation sites (tertiary alicyclic amines) is 1. The Kier molecular flexibility index (Phi) is 6.81. The highest BCUT2D eigenvalue weighted by Crippen LogP contribution is 2.31. The quantitative estimate of drug-likeness (QED) is 0.393. The van der Waals surface area contributed by atoms with Gasteiger partial charge in [0.2, 0.25) is 11.8 Å². The van der Waals surface area contributed by atoms with E-state index < -0.39 is 23.7 Å². The maximum atomic E-state index is 12.5. The normalized spacial score (nSPS) is 15.7. The zero-order valence-corrected chi connectivity index (χ0v) is 17.6. The van der Waals surface area contributed by atoms with Gasteiger partial charge in [-0.3, -0.25) is 24.1 Å². The van der Waals surface area contributed by atoms with Gasteiger partial charge in [0.1, 0.15) is 5.03 Å². The molecule has 1 aliphatic heterocycles. The lowest BCUT2D eigenvalue weighted by molar-refractivity contribution is -0.136. The highest BCUT2D eigenvalue weighted by atomic mass is 32.2. The number of rotatable bonds is 7. The van der Waals surface area contributed by atoms with Crippen molar-refractivity contribution in [1.29, 1.82) is 0 Å². The van der Waals surface area contributed by atoms with Gasteiger partial charge in [-0.25, -0.2) is 9.78 Å². The Bertz CT molecular complexity index is 1050. The number of anilines is 1. The Labute approximate surface area is 182 Å². The van der Waals surface area contributed by atoms with Gasteiger partial charge in [-0.15, -0.1) is 0 Å². The van der Waals surface area contributed by atoms with Crippen LogP contribution in [0.3, 0.4) is 0 Å². The van der Waals surface area contributed by atoms with Crippen molar-refractivity contribution in [2.75, 3.05) is 19.0 Å². The maximum Gasteiger partial charge on any atom is 0.341 e. The lowest BCUT2D eigenvalue weighted by Crippen LogP contribution is -2.26. The monoisotopic (exact) mass is 441 g/mol. The fraction of sp³-hybridized carbons (Fsp3) is 0.238. The average molecular weight is 441 g/mol. The number of thioether (sulfide) groups is 1. The Morgan fingerprint density at radius 2 is 1.90 bits per heavy atom. The van der Waals surface area contributed by atoms with Gasteiger partial charge in [0.05, 0.1) is 10.8 Å². The van der Waals surface area contributed by atoms with Crippen molar-refractivity contribution in [2.45, 2.75) is 23.6 Å². The fourth-order valence-electron chi connectivity index (χ4n) is 2.78. The van der Waals surface area contributed by atoms with E-state index in [1.54, 1.807) is 24.3 Å². The van der Waals surface area contributed by atoms with Gasteiger partial charge in [0.15, 0.2) is 12.4 Å². The average Bonchev–Trinajstić information content (AvgIpc) is 2.99. The van der Waals surface area contributed by atoms with Gasteiger partial charge in [-0.1, -0.05) is 11.8 Å². The van der Waals surface area contributed by atoms with Crippen LogP contribution < -0.4 is 5.32 Å². The molecule has 0 radical (unpaired) electrons. The van der Waals surface area contributed by atoms with Gasteiger partial charge in [-0.05, 0) is 43.3 Å². The number of pyridine rings is 1. The lowest BCUT2D eigenvalue weighted by Gasteiger charge is -2.11. The Morgan fingerprint density at radius 3 is 2.52 bits per heavy atom. The van der Waals surface area contributed by atoms with Crippen molar-refractivity contribution >= 4 is 46.9 Å². The number of hydrogen-bond donors (Lipinski definition) is 1. The minimum absolute atomic E-state index is 0.0237. The largest absolute Gasteiger partial charge is 0.452 e. The molecule has 0 aliphatic carbocycles. The number of aromatic nitrogens is 1. The van der Waals surface area contributed by atoms with Gasteiger partial charge in [0.25, 0.3) is 5.91 Å². The Balaban J connectivity index is 1.59. The summed E-state index contributed by atoms with van der Waals surface area (Å²) in [5, 5.41) is 2.15. The van der Waals surface area contributed by atoms with E-state index in [2.05, 4.69) is 10.3 Å². The van der Waals surface area contributed by atoms with Crippen LogP contribution >= 0.6 is 11.8 Å². The fourth-order valence-corrected chi connectivity index (χ4v) is 3.94. The van der Waals surface area contributed by atoms with Gasteiger partial charge in [-0.2, -0.15) is 0 Å². The topological polar surface area (TPSA) is 123 Å². The van der Waals surface area contributed by atoms with Crippen molar-refractivity contribution < 1.29 is 28.7 Å². The van der Waals surface area contributed by atoms with Crippen LogP contribution in [0.2, 0.25) is 0 Å². The molecular weight excluding hydrogens is 422 g/mol. The molecule has 0 bridgehead atoms. The highest BCUT2D eigenvalue weighted by molar-refractivity contribution is 8.00. The summed E-state index contributed by atoms with van der Waals surface area (Å²) in [6, 6.07) is 9.31. The molecule has 1 aromatic carbocycles. The molecule has 1 N–H and O–H groups in total. The molecule has 3 amide bonds. The lowest BCUT2D eigenvalue weighted by atomic mass is 10.1. The molecule has 2 heterocycles. The minimum atomic E-state index is -0.775. The molecule has 160 valence electrons. The number of ketones is 1. The number of nitrogens with zero attached hydrogens (tertiary/aromatic N) is 2. The number of hydrogen-bond acceptors (Lipinski definition) is 8. The smallest absolute Gasteiger partial charge is 0.341 e. The van der Waals surface area contributed by atoms with Gasteiger partial charge in [0, 0.05) is 30.9 Å². The molecular formula is C21H19N3O6S. The first kappa shape index (κ1) is 22.2. The molecule has 1 fully saturated rings. The molecule has 0 saturated carbocycles. The molecule has 3 rings (SSSR count). The number of benzene rings is 1. The highest BCUT2D eigenvalue weighted by Gasteiger charge is 2.37. The second-order valence-corrected chi connectivity index (χ2v) is 7.91. The van der Waals surface area contributed by atoms with Crippen molar-refractivity contribution in [2.24, 2.45) is 0 Å². The molecule has 1 aromatic heterocycles. The number of esters is 1. The van der Waals surface area contributed by atoms with Crippen LogP contribution in [0.25, 0.3) is 0 Å². The number of ether oxygens (including phenoxy) is 1. The minimum Gasteiger partial charge on any atom is -0.452 e. The summed E-state index contributed by atoms with van der Waals surface area (Å²) in [6.45, 7) is 0.909. The molecule has 1 unspecified atom stereocenters. The van der Waals surface area contributed by atoms with Crippen LogP contribution in [-0.2, 0) is 19.1 Å². The number of amides is 3. The SMILES string of the molecule is CC(=O)c1ccc(NC(=O)COC(=O)c2cccnc2SC2CC(=O)N(C)C2=O)cc1. The van der Waals surface area contributed by atoms with E-state index in [0.717, 1.165) is 16.7 Å². The molecule has 31 heavy (non-hydrogen) atoms. The third kappa shape index (κ3) is 5.34. The summed E-state index contributed by atoms with van der Waals surface area (Å²) < 4.78 is 5.08. The number of imide groups is 1. The molecule has 1 atom stereocenters. The second-order valence-electron chi connectivity index (χ2n) is 6.72. The predicted molar refractivity (Wildman–Crippen MR) is 112 cm³/mol. The Morgan fingerprint density at radius 1 is 1.19 bits per heavy atom. The standard InChI is InChI=1S/C21H19N3O6S/c1-12(25)13-5-7-14(8-6-13)23-17(26)11-30-21(29)15-4-3-9-22-19(15)31-16-10-18(27)24(2)20(16)28/h3-9,16H,10-11H2,1-2H3,(H,23,26). The molecule has 1 aliphatic rings. The van der Waals surface area contributed by atoms with Crippen LogP contribution in [0.4, 0.5) is 5.69 Å². The number of Topliss-reactive ketones (excluding diaryl/α,β-unsaturated/α-hetero) is 1. The molecule has 0 spiro atoms. The molecule has 1 saturated heterocycles. The second kappa shape index (κ2) is 9.52. The summed E-state index contributed by atoms with van der Waals surface area (Å²) in [7, 11) is 1.41. The summed E-state index contributed by atoms with van der Waals surface area (Å²) in [6.07, 6.45) is 1.48. The first-order valence-electron chi connectivity index (χ1n) is 9.26. The number of carbonyl (C=O) groups is 5. The molecule has 9 nitrogen and oxygen atoms in total. The van der Waals surface area contributed by atoms with Crippen LogP contribution in [-0.4, -0.2) is 58.3 Å². The summed E-state index contributed by atoms with van der Waals surface area (Å²) in [5.74, 6) is -2.07. The maximum absolute atomic E-state index is 12.5. The first-order valence-corrected chi connectivity index (χ1v) is 10.1. The van der Waals surface area contributed by atoms with Crippen molar-refractivity contribution in [1.82, 2.24) is 9.88 Å². The van der Waals surface area contributed by atoms with Crippen molar-refractivity contribution in [3.8, 4) is 0 Å². The van der Waals surface area contributed by atoms with Crippen LogP contribution in [0.15, 0.2) is 47.6 Å². The number of carbonyl (C=O) groups excluding carboxylic acids is 5. The van der Waals surface area contributed by atoms with Crippen LogP contribution in [0, 0.1) is 0 Å². The van der Waals surface area contributed by atoms with E-state index in [1.807, 2.05) is 0 Å². The van der Waals surface area contributed by atoms with E-state index >= 15 is 0 Å². The first-order chi connectivity index (χ1) is 14.8. The third-order valence-corrected chi connectivity index (χ3v) is 5.70. The van der Waals surface area contributed by atoms with E-state index in [0.29, 0.717) is 11.3 Å². The van der Waals surface area contributed by atoms with E-state index in [9.17, 15) is 24.0 Å². The van der Waals surface area contributed by atoms with E-state index in [4.69, 9.17) is 4.74 Å². The van der Waals surface area contributed by atoms with Crippen LogP contribution in [0.1, 0.15) is 34.1 Å². The summed E-state index contributed by atoms with van der Waals surface area (Å²) >= 11 is 1.01. The van der Waals surface area contributed by atoms with E-state index in [1.165, 1.54) is 32.3 Å².